The van der Waals surface area contributed by atoms with Crippen LogP contribution in [0.5, 0.6) is 0 Å². The summed E-state index contributed by atoms with van der Waals surface area (Å²) in [5.74, 6) is -1.67. The molecule has 1 aliphatic heterocycles. The molecule has 1 N–H and O–H groups in total. The first kappa shape index (κ1) is 17.9. The lowest BCUT2D eigenvalue weighted by Gasteiger charge is -2.27. The van der Waals surface area contributed by atoms with Crippen LogP contribution in [0.4, 0.5) is 32.0 Å². The molecule has 0 aromatic heterocycles. The SMILES string of the molecule is N#Cc1ccc(N2CC(C(=O)O)OC2C(F)(F)F)cc1C(F)(F)F. The van der Waals surface area contributed by atoms with E-state index in [4.69, 9.17) is 10.4 Å². The lowest BCUT2D eigenvalue weighted by atomic mass is 10.1. The summed E-state index contributed by atoms with van der Waals surface area (Å²) >= 11 is 0. The van der Waals surface area contributed by atoms with Crippen LogP contribution in [0.3, 0.4) is 0 Å². The summed E-state index contributed by atoms with van der Waals surface area (Å²) < 4.78 is 82.1. The molecule has 0 radical (unpaired) electrons. The molecule has 1 aliphatic rings. The van der Waals surface area contributed by atoms with Gasteiger partial charge in [-0.1, -0.05) is 0 Å². The summed E-state index contributed by atoms with van der Waals surface area (Å²) in [6.07, 6.45) is -14.5. The Kier molecular flexibility index (Phi) is 4.36. The molecule has 11 heteroatoms. The molecule has 1 aromatic rings. The van der Waals surface area contributed by atoms with Gasteiger partial charge in [-0.2, -0.15) is 31.6 Å². The number of carboxylic acid groups (broad SMARTS) is 1. The Morgan fingerprint density at radius 1 is 1.29 bits per heavy atom. The van der Waals surface area contributed by atoms with Gasteiger partial charge in [0.15, 0.2) is 6.10 Å². The zero-order chi connectivity index (χ0) is 18.3. The Balaban J connectivity index is 2.49. The first-order valence-corrected chi connectivity index (χ1v) is 6.28. The average molecular weight is 354 g/mol. The third-order valence-electron chi connectivity index (χ3n) is 3.25. The largest absolute Gasteiger partial charge is 0.479 e. The molecule has 0 aliphatic carbocycles. The minimum atomic E-state index is -5.02. The van der Waals surface area contributed by atoms with E-state index in [2.05, 4.69) is 4.74 Å². The maximum Gasteiger partial charge on any atom is 0.433 e. The predicted molar refractivity (Wildman–Crippen MR) is 65.9 cm³/mol. The monoisotopic (exact) mass is 354 g/mol. The van der Waals surface area contributed by atoms with Gasteiger partial charge in [0.25, 0.3) is 0 Å². The molecule has 0 bridgehead atoms. The van der Waals surface area contributed by atoms with Crippen LogP contribution in [0.1, 0.15) is 11.1 Å². The van der Waals surface area contributed by atoms with E-state index in [0.717, 1.165) is 12.1 Å². The lowest BCUT2D eigenvalue weighted by Crippen LogP contribution is -2.42. The molecule has 1 aromatic carbocycles. The summed E-state index contributed by atoms with van der Waals surface area (Å²) in [4.78, 5) is 11.2. The van der Waals surface area contributed by atoms with Gasteiger partial charge in [-0.3, -0.25) is 0 Å². The van der Waals surface area contributed by atoms with Crippen molar-refractivity contribution in [1.29, 1.82) is 5.26 Å². The fourth-order valence-electron chi connectivity index (χ4n) is 2.22. The number of aliphatic carboxylic acids is 1. The second kappa shape index (κ2) is 5.86. The van der Waals surface area contributed by atoms with E-state index in [-0.39, 0.29) is 0 Å². The van der Waals surface area contributed by atoms with Crippen molar-refractivity contribution in [1.82, 2.24) is 0 Å². The lowest BCUT2D eigenvalue weighted by molar-refractivity contribution is -0.215. The molecular weight excluding hydrogens is 346 g/mol. The number of hydrogen-bond acceptors (Lipinski definition) is 4. The Morgan fingerprint density at radius 2 is 1.92 bits per heavy atom. The molecular formula is C13H8F6N2O3. The third kappa shape index (κ3) is 3.38. The van der Waals surface area contributed by atoms with Gasteiger partial charge in [-0.05, 0) is 18.2 Å². The van der Waals surface area contributed by atoms with E-state index in [0.29, 0.717) is 11.0 Å². The molecule has 2 unspecified atom stereocenters. The van der Waals surface area contributed by atoms with Crippen molar-refractivity contribution in [2.24, 2.45) is 0 Å². The number of carbonyl (C=O) groups is 1. The molecule has 24 heavy (non-hydrogen) atoms. The highest BCUT2D eigenvalue weighted by Crippen LogP contribution is 2.39. The van der Waals surface area contributed by atoms with E-state index < -0.39 is 54.0 Å². The van der Waals surface area contributed by atoms with Gasteiger partial charge in [0, 0.05) is 5.69 Å². The molecule has 1 fully saturated rings. The maximum absolute atomic E-state index is 13.0. The fraction of sp³-hybridized carbons (Fsp3) is 0.385. The minimum absolute atomic E-state index is 0.366. The van der Waals surface area contributed by atoms with Crippen LogP contribution in [0.2, 0.25) is 0 Å². The summed E-state index contributed by atoms with van der Waals surface area (Å²) in [6.45, 7) is -0.789. The quantitative estimate of drug-likeness (QED) is 0.827. The number of hydrogen-bond donors (Lipinski definition) is 1. The summed E-state index contributed by atoms with van der Waals surface area (Å²) in [7, 11) is 0. The predicted octanol–water partition coefficient (Wildman–Crippen LogP) is 2.76. The van der Waals surface area contributed by atoms with E-state index in [1.54, 1.807) is 0 Å². The van der Waals surface area contributed by atoms with Gasteiger partial charge in [0.05, 0.1) is 23.7 Å². The zero-order valence-corrected chi connectivity index (χ0v) is 11.5. The first-order valence-electron chi connectivity index (χ1n) is 6.28. The number of halogens is 6. The molecule has 0 amide bonds. The normalized spacial score (nSPS) is 21.6. The Hall–Kier alpha value is -2.48. The van der Waals surface area contributed by atoms with Crippen molar-refractivity contribution in [2.45, 2.75) is 24.7 Å². The van der Waals surface area contributed by atoms with Crippen LogP contribution in [0.15, 0.2) is 18.2 Å². The highest BCUT2D eigenvalue weighted by molar-refractivity contribution is 5.74. The molecule has 1 saturated heterocycles. The van der Waals surface area contributed by atoms with Gasteiger partial charge >= 0.3 is 18.3 Å². The second-order valence-electron chi connectivity index (χ2n) is 4.85. The van der Waals surface area contributed by atoms with Crippen LogP contribution >= 0.6 is 0 Å². The number of anilines is 1. The van der Waals surface area contributed by atoms with Crippen LogP contribution in [-0.2, 0) is 15.7 Å². The highest BCUT2D eigenvalue weighted by atomic mass is 19.4. The molecule has 1 heterocycles. The standard InChI is InChI=1S/C13H8F6N2O3/c14-12(15,16)8-3-7(2-1-6(8)4-20)21-5-9(10(22)23)24-11(21)13(17,18)19/h1-3,9,11H,5H2,(H,22,23). The second-order valence-corrected chi connectivity index (χ2v) is 4.85. The van der Waals surface area contributed by atoms with Gasteiger partial charge in [-0.25, -0.2) is 4.79 Å². The van der Waals surface area contributed by atoms with E-state index in [1.807, 2.05) is 0 Å². The number of benzene rings is 1. The summed E-state index contributed by atoms with van der Waals surface area (Å²) in [5, 5.41) is 17.5. The van der Waals surface area contributed by atoms with Crippen molar-refractivity contribution in [3.8, 4) is 6.07 Å². The number of nitrogens with zero attached hydrogens (tertiary/aromatic N) is 2. The Bertz CT molecular complexity index is 694. The number of nitriles is 1. The average Bonchev–Trinajstić information content (AvgIpc) is 2.91. The maximum atomic E-state index is 13.0. The fourth-order valence-corrected chi connectivity index (χ4v) is 2.22. The van der Waals surface area contributed by atoms with Crippen molar-refractivity contribution in [3.63, 3.8) is 0 Å². The van der Waals surface area contributed by atoms with Gasteiger partial charge in [0.1, 0.15) is 0 Å². The van der Waals surface area contributed by atoms with Crippen molar-refractivity contribution >= 4 is 11.7 Å². The number of ether oxygens (including phenoxy) is 1. The van der Waals surface area contributed by atoms with Gasteiger partial charge in [0.2, 0.25) is 6.23 Å². The van der Waals surface area contributed by atoms with E-state index >= 15 is 0 Å². The number of rotatable bonds is 2. The minimum Gasteiger partial charge on any atom is -0.479 e. The number of carboxylic acids is 1. The van der Waals surface area contributed by atoms with Crippen LogP contribution in [-0.4, -0.2) is 36.1 Å². The number of alkyl halides is 6. The van der Waals surface area contributed by atoms with Gasteiger partial charge < -0.3 is 14.7 Å². The Labute approximate surface area is 130 Å². The molecule has 0 spiro atoms. The smallest absolute Gasteiger partial charge is 0.433 e. The third-order valence-corrected chi connectivity index (χ3v) is 3.25. The zero-order valence-electron chi connectivity index (χ0n) is 11.5. The molecule has 0 saturated carbocycles. The molecule has 2 atom stereocenters. The van der Waals surface area contributed by atoms with Gasteiger partial charge in [-0.15, -0.1) is 0 Å². The van der Waals surface area contributed by atoms with E-state index in [9.17, 15) is 31.1 Å². The van der Waals surface area contributed by atoms with Crippen LogP contribution in [0, 0.1) is 11.3 Å². The van der Waals surface area contributed by atoms with E-state index in [1.165, 1.54) is 6.07 Å². The first-order chi connectivity index (χ1) is 10.9. The summed E-state index contributed by atoms with van der Waals surface area (Å²) in [6, 6.07) is 3.27. The summed E-state index contributed by atoms with van der Waals surface area (Å²) in [5.41, 5.74) is -2.72. The topological polar surface area (TPSA) is 73.6 Å². The van der Waals surface area contributed by atoms with Crippen molar-refractivity contribution < 1.29 is 41.0 Å². The molecule has 130 valence electrons. The Morgan fingerprint density at radius 3 is 2.38 bits per heavy atom. The highest BCUT2D eigenvalue weighted by Gasteiger charge is 2.52. The van der Waals surface area contributed by atoms with Crippen molar-refractivity contribution in [3.05, 3.63) is 29.3 Å². The van der Waals surface area contributed by atoms with Crippen LogP contribution < -0.4 is 4.90 Å². The van der Waals surface area contributed by atoms with Crippen molar-refractivity contribution in [2.75, 3.05) is 11.4 Å². The van der Waals surface area contributed by atoms with Crippen LogP contribution in [0.25, 0.3) is 0 Å². The molecule has 2 rings (SSSR count). The molecule has 5 nitrogen and oxygen atoms in total.